The highest BCUT2D eigenvalue weighted by Crippen LogP contribution is 2.12. The molecule has 0 aliphatic rings. The third kappa shape index (κ3) is 1.85. The number of nitrogens with two attached hydrogens (primary N) is 1. The van der Waals surface area contributed by atoms with E-state index in [9.17, 15) is 0 Å². The Kier molecular flexibility index (Phi) is 2.82. The number of nitrogens with zero attached hydrogens (tertiary/aromatic N) is 5. The Morgan fingerprint density at radius 2 is 2.06 bits per heavy atom. The molecule has 0 saturated carbocycles. The molecule has 0 aromatic carbocycles. The molecule has 2 N–H and O–H groups in total. The van der Waals surface area contributed by atoms with Crippen LogP contribution in [-0.2, 0) is 6.54 Å². The highest BCUT2D eigenvalue weighted by Gasteiger charge is 2.11. The van der Waals surface area contributed by atoms with Crippen LogP contribution in [0.1, 0.15) is 17.0 Å². The van der Waals surface area contributed by atoms with Crippen LogP contribution in [0, 0.1) is 22.7 Å². The van der Waals surface area contributed by atoms with E-state index in [2.05, 4.69) is 9.97 Å². The molecule has 17 heavy (non-hydrogen) atoms. The predicted molar refractivity (Wildman–Crippen MR) is 58.7 cm³/mol. The summed E-state index contributed by atoms with van der Waals surface area (Å²) < 4.78 is 1.47. The van der Waals surface area contributed by atoms with Gasteiger partial charge in [-0.05, 0) is 11.6 Å². The summed E-state index contributed by atoms with van der Waals surface area (Å²) in [6.45, 7) is 0.408. The summed E-state index contributed by atoms with van der Waals surface area (Å²) in [5.41, 5.74) is 6.64. The lowest BCUT2D eigenvalue weighted by Crippen LogP contribution is -2.02. The van der Waals surface area contributed by atoms with Crippen LogP contribution in [0.5, 0.6) is 0 Å². The first-order valence-electron chi connectivity index (χ1n) is 4.83. The Hall–Kier alpha value is -2.70. The maximum atomic E-state index is 8.97. The molecule has 82 valence electrons. The summed E-state index contributed by atoms with van der Waals surface area (Å²) in [7, 11) is 0. The summed E-state index contributed by atoms with van der Waals surface area (Å²) in [5.74, 6) is 0.535. The van der Waals surface area contributed by atoms with Crippen LogP contribution in [0.25, 0.3) is 5.82 Å². The van der Waals surface area contributed by atoms with Crippen molar-refractivity contribution in [2.24, 2.45) is 5.73 Å². The minimum absolute atomic E-state index is 0.0946. The molecule has 0 spiro atoms. The van der Waals surface area contributed by atoms with Crippen LogP contribution in [0.2, 0.25) is 0 Å². The average molecular weight is 224 g/mol. The molecular weight excluding hydrogens is 216 g/mol. The quantitative estimate of drug-likeness (QED) is 0.798. The molecule has 0 saturated heterocycles. The zero-order chi connectivity index (χ0) is 12.3. The molecule has 6 nitrogen and oxygen atoms in total. The molecule has 2 heterocycles. The predicted octanol–water partition coefficient (Wildman–Crippen LogP) is 0.469. The molecule has 0 radical (unpaired) electrons. The lowest BCUT2D eigenvalue weighted by molar-refractivity contribution is 0.956. The van der Waals surface area contributed by atoms with Gasteiger partial charge < -0.3 is 5.73 Å². The van der Waals surface area contributed by atoms with Gasteiger partial charge in [-0.2, -0.15) is 10.5 Å². The third-order valence-electron chi connectivity index (χ3n) is 2.27. The zero-order valence-electron chi connectivity index (χ0n) is 8.83. The first-order chi connectivity index (χ1) is 8.30. The molecule has 0 fully saturated rings. The van der Waals surface area contributed by atoms with E-state index >= 15 is 0 Å². The van der Waals surface area contributed by atoms with E-state index in [-0.39, 0.29) is 11.4 Å². The molecule has 0 aliphatic carbocycles. The molecule has 0 bridgehead atoms. The number of nitriles is 2. The number of hydrogen-bond acceptors (Lipinski definition) is 5. The average Bonchev–Trinajstić information content (AvgIpc) is 2.81. The number of aromatic nitrogens is 3. The van der Waals surface area contributed by atoms with Crippen LogP contribution >= 0.6 is 0 Å². The van der Waals surface area contributed by atoms with Crippen molar-refractivity contribution in [3.05, 3.63) is 41.6 Å². The Morgan fingerprint density at radius 1 is 1.24 bits per heavy atom. The van der Waals surface area contributed by atoms with E-state index in [4.69, 9.17) is 16.3 Å². The van der Waals surface area contributed by atoms with Crippen molar-refractivity contribution < 1.29 is 0 Å². The number of pyridine rings is 1. The molecule has 0 atom stereocenters. The van der Waals surface area contributed by atoms with Gasteiger partial charge in [0.2, 0.25) is 0 Å². The second-order valence-corrected chi connectivity index (χ2v) is 3.26. The highest BCUT2D eigenvalue weighted by molar-refractivity contribution is 5.41. The monoisotopic (exact) mass is 224 g/mol. The smallest absolute Gasteiger partial charge is 0.177 e. The van der Waals surface area contributed by atoms with Gasteiger partial charge in [0.15, 0.2) is 11.4 Å². The van der Waals surface area contributed by atoms with Gasteiger partial charge >= 0.3 is 0 Å². The minimum atomic E-state index is 0.0946. The van der Waals surface area contributed by atoms with Crippen molar-refractivity contribution in [2.75, 3.05) is 0 Å². The fraction of sp³-hybridized carbons (Fsp3) is 0.0909. The van der Waals surface area contributed by atoms with Crippen molar-refractivity contribution in [1.82, 2.24) is 14.5 Å². The minimum Gasteiger partial charge on any atom is -0.326 e. The molecule has 0 unspecified atom stereocenters. The van der Waals surface area contributed by atoms with Gasteiger partial charge in [0, 0.05) is 12.7 Å². The molecule has 0 amide bonds. The van der Waals surface area contributed by atoms with Gasteiger partial charge in [0.1, 0.15) is 24.3 Å². The fourth-order valence-electron chi connectivity index (χ4n) is 1.39. The van der Waals surface area contributed by atoms with Crippen molar-refractivity contribution in [3.63, 3.8) is 0 Å². The van der Waals surface area contributed by atoms with Crippen molar-refractivity contribution in [2.45, 2.75) is 6.54 Å². The van der Waals surface area contributed by atoms with Crippen LogP contribution in [0.3, 0.4) is 0 Å². The fourth-order valence-corrected chi connectivity index (χ4v) is 1.39. The normalized spacial score (nSPS) is 9.59. The second-order valence-electron chi connectivity index (χ2n) is 3.26. The second kappa shape index (κ2) is 4.44. The molecular formula is C11H8N6. The highest BCUT2D eigenvalue weighted by atomic mass is 15.1. The summed E-state index contributed by atoms with van der Waals surface area (Å²) >= 11 is 0. The van der Waals surface area contributed by atoms with E-state index < -0.39 is 0 Å². The van der Waals surface area contributed by atoms with Crippen molar-refractivity contribution in [3.8, 4) is 18.0 Å². The number of rotatable bonds is 2. The van der Waals surface area contributed by atoms with Crippen LogP contribution in [-0.4, -0.2) is 14.5 Å². The Morgan fingerprint density at radius 3 is 2.59 bits per heavy atom. The summed E-state index contributed by atoms with van der Waals surface area (Å²) in [4.78, 5) is 8.00. The lowest BCUT2D eigenvalue weighted by atomic mass is 10.3. The van der Waals surface area contributed by atoms with Crippen molar-refractivity contribution in [1.29, 1.82) is 10.5 Å². The molecule has 2 aromatic heterocycles. The summed E-state index contributed by atoms with van der Waals surface area (Å²) in [5, 5.41) is 17.7. The van der Waals surface area contributed by atoms with Gasteiger partial charge in [0.25, 0.3) is 0 Å². The van der Waals surface area contributed by atoms with E-state index in [1.807, 2.05) is 18.2 Å². The van der Waals surface area contributed by atoms with Gasteiger partial charge in [-0.3, -0.25) is 4.57 Å². The summed E-state index contributed by atoms with van der Waals surface area (Å²) in [6, 6.07) is 7.34. The van der Waals surface area contributed by atoms with Crippen molar-refractivity contribution >= 4 is 0 Å². The van der Waals surface area contributed by atoms with Gasteiger partial charge in [-0.15, -0.1) is 0 Å². The van der Waals surface area contributed by atoms with Crippen LogP contribution < -0.4 is 5.73 Å². The number of hydrogen-bond donors (Lipinski definition) is 1. The Labute approximate surface area is 97.6 Å². The Balaban J connectivity index is 2.50. The molecule has 6 heteroatoms. The molecule has 2 rings (SSSR count). The maximum absolute atomic E-state index is 8.97. The van der Waals surface area contributed by atoms with E-state index in [1.165, 1.54) is 10.9 Å². The van der Waals surface area contributed by atoms with Gasteiger partial charge in [0.05, 0.1) is 0 Å². The first-order valence-corrected chi connectivity index (χ1v) is 4.83. The topological polar surface area (TPSA) is 104 Å². The largest absolute Gasteiger partial charge is 0.326 e. The molecule has 2 aromatic rings. The standard InChI is InChI=1S/C11H8N6/c12-3-8-1-2-11(15-6-8)17-7-16-9(4-13)10(17)5-14/h1-2,6-7H,3,12H2. The van der Waals surface area contributed by atoms with Crippen LogP contribution in [0.15, 0.2) is 24.7 Å². The van der Waals surface area contributed by atoms with Gasteiger partial charge in [-0.1, -0.05) is 6.07 Å². The zero-order valence-corrected chi connectivity index (χ0v) is 8.83. The third-order valence-corrected chi connectivity index (χ3v) is 2.27. The lowest BCUT2D eigenvalue weighted by Gasteiger charge is -2.03. The summed E-state index contributed by atoms with van der Waals surface area (Å²) in [6.07, 6.45) is 3.03. The van der Waals surface area contributed by atoms with Gasteiger partial charge in [-0.25, -0.2) is 9.97 Å². The van der Waals surface area contributed by atoms with E-state index in [0.717, 1.165) is 5.56 Å². The SMILES string of the molecule is N#Cc1ncn(-c2ccc(CN)cn2)c1C#N. The first kappa shape index (κ1) is 10.8. The van der Waals surface area contributed by atoms with E-state index in [0.29, 0.717) is 12.4 Å². The maximum Gasteiger partial charge on any atom is 0.177 e. The Bertz CT molecular complexity index is 611. The van der Waals surface area contributed by atoms with E-state index in [1.54, 1.807) is 12.3 Å². The molecule has 0 aliphatic heterocycles. The van der Waals surface area contributed by atoms with Crippen LogP contribution in [0.4, 0.5) is 0 Å². The number of imidazole rings is 1.